The van der Waals surface area contributed by atoms with Gasteiger partial charge in [-0.1, -0.05) is 22.0 Å². The predicted octanol–water partition coefficient (Wildman–Crippen LogP) is 4.93. The summed E-state index contributed by atoms with van der Waals surface area (Å²) in [7, 11) is 3.25. The van der Waals surface area contributed by atoms with Gasteiger partial charge < -0.3 is 9.47 Å². The van der Waals surface area contributed by atoms with Crippen LogP contribution in [-0.4, -0.2) is 14.2 Å². The van der Waals surface area contributed by atoms with Crippen LogP contribution in [0.25, 0.3) is 0 Å². The number of alkyl halides is 1. The van der Waals surface area contributed by atoms with Crippen LogP contribution in [0.1, 0.15) is 16.0 Å². The molecule has 0 heterocycles. The smallest absolute Gasteiger partial charge is 0.124 e. The van der Waals surface area contributed by atoms with Gasteiger partial charge in [0.1, 0.15) is 17.3 Å². The van der Waals surface area contributed by atoms with Gasteiger partial charge in [0.15, 0.2) is 0 Å². The molecule has 0 fully saturated rings. The molecule has 0 amide bonds. The van der Waals surface area contributed by atoms with Gasteiger partial charge in [-0.05, 0) is 58.5 Å². The van der Waals surface area contributed by atoms with E-state index in [1.165, 1.54) is 12.1 Å². The minimum atomic E-state index is -0.240. The van der Waals surface area contributed by atoms with Crippen LogP contribution in [0.2, 0.25) is 0 Å². The Hall–Kier alpha value is -0.820. The summed E-state index contributed by atoms with van der Waals surface area (Å²) in [5.74, 6) is 1.27. The van der Waals surface area contributed by atoms with Gasteiger partial charge in [-0.15, -0.1) is 0 Å². The maximum Gasteiger partial charge on any atom is 0.124 e. The Morgan fingerprint density at radius 1 is 1.05 bits per heavy atom. The third-order valence-electron chi connectivity index (χ3n) is 2.95. The quantitative estimate of drug-likeness (QED) is 0.485. The Morgan fingerprint density at radius 2 is 1.80 bits per heavy atom. The van der Waals surface area contributed by atoms with Crippen molar-refractivity contribution in [2.75, 3.05) is 14.2 Å². The lowest BCUT2D eigenvalue weighted by Gasteiger charge is -2.17. The van der Waals surface area contributed by atoms with Crippen LogP contribution in [0.5, 0.6) is 11.5 Å². The molecule has 0 saturated carbocycles. The minimum absolute atomic E-state index is 0.0972. The van der Waals surface area contributed by atoms with Crippen molar-refractivity contribution >= 4 is 38.5 Å². The zero-order valence-electron chi connectivity index (χ0n) is 11.0. The lowest BCUT2D eigenvalue weighted by molar-refractivity contribution is 0.399. The first-order valence-electron chi connectivity index (χ1n) is 5.87. The molecule has 0 N–H and O–H groups in total. The third-order valence-corrected chi connectivity index (χ3v) is 4.87. The molecule has 5 heteroatoms. The Kier molecular flexibility index (Phi) is 5.26. The van der Waals surface area contributed by atoms with Crippen molar-refractivity contribution in [3.8, 4) is 11.5 Å². The lowest BCUT2D eigenvalue weighted by Crippen LogP contribution is -2.00. The average Bonchev–Trinajstić information content (AvgIpc) is 2.46. The maximum absolute atomic E-state index is 13.2. The fourth-order valence-electron chi connectivity index (χ4n) is 1.91. The normalized spacial score (nSPS) is 12.1. The molecule has 2 rings (SSSR count). The topological polar surface area (TPSA) is 18.5 Å². The second-order valence-corrected chi connectivity index (χ2v) is 6.21. The molecule has 0 spiro atoms. The van der Waals surface area contributed by atoms with E-state index in [0.29, 0.717) is 0 Å². The van der Waals surface area contributed by atoms with E-state index >= 15 is 0 Å². The zero-order chi connectivity index (χ0) is 14.7. The first kappa shape index (κ1) is 15.6. The van der Waals surface area contributed by atoms with E-state index < -0.39 is 0 Å². The average molecular weight is 451 g/mol. The summed E-state index contributed by atoms with van der Waals surface area (Å²) in [6.45, 7) is 0. The molecule has 0 aromatic heterocycles. The fraction of sp³-hybridized carbons (Fsp3) is 0.200. The number of hydrogen-bond donors (Lipinski definition) is 0. The lowest BCUT2D eigenvalue weighted by atomic mass is 10.0. The maximum atomic E-state index is 13.2. The number of halogens is 3. The van der Waals surface area contributed by atoms with Crippen LogP contribution in [-0.2, 0) is 0 Å². The zero-order valence-corrected chi connectivity index (χ0v) is 14.7. The van der Waals surface area contributed by atoms with E-state index in [2.05, 4.69) is 38.5 Å². The Labute approximate surface area is 139 Å². The summed E-state index contributed by atoms with van der Waals surface area (Å²) in [5, 5.41) is 0. The third kappa shape index (κ3) is 3.25. The Bertz CT molecular complexity index is 619. The second kappa shape index (κ2) is 6.76. The number of methoxy groups -OCH3 is 2. The standard InChI is InChI=1S/C15H13BrFIO2/c1-19-10-4-6-14(20-2)12(8-10)15(16)11-5-3-9(17)7-13(11)18/h3-8,15H,1-2H3. The largest absolute Gasteiger partial charge is 0.497 e. The Balaban J connectivity index is 2.48. The van der Waals surface area contributed by atoms with E-state index in [9.17, 15) is 4.39 Å². The molecule has 1 unspecified atom stereocenters. The van der Waals surface area contributed by atoms with E-state index in [1.54, 1.807) is 20.3 Å². The molecule has 0 bridgehead atoms. The molecule has 0 radical (unpaired) electrons. The molecule has 0 aliphatic rings. The first-order chi connectivity index (χ1) is 9.56. The molecule has 1 atom stereocenters. The summed E-state index contributed by atoms with van der Waals surface area (Å²) in [5.41, 5.74) is 1.93. The highest BCUT2D eigenvalue weighted by atomic mass is 127. The predicted molar refractivity (Wildman–Crippen MR) is 89.4 cm³/mol. The van der Waals surface area contributed by atoms with Gasteiger partial charge in [0.2, 0.25) is 0 Å². The molecule has 2 nitrogen and oxygen atoms in total. The van der Waals surface area contributed by atoms with E-state index in [1.807, 2.05) is 18.2 Å². The van der Waals surface area contributed by atoms with Crippen molar-refractivity contribution in [3.63, 3.8) is 0 Å². The second-order valence-electron chi connectivity index (χ2n) is 4.14. The van der Waals surface area contributed by atoms with Gasteiger partial charge in [0.25, 0.3) is 0 Å². The highest BCUT2D eigenvalue weighted by Gasteiger charge is 2.19. The summed E-state index contributed by atoms with van der Waals surface area (Å²) in [6, 6.07) is 10.4. The minimum Gasteiger partial charge on any atom is -0.497 e. The van der Waals surface area contributed by atoms with Gasteiger partial charge in [0, 0.05) is 9.13 Å². The van der Waals surface area contributed by atoms with Gasteiger partial charge in [-0.2, -0.15) is 0 Å². The summed E-state index contributed by atoms with van der Waals surface area (Å²) < 4.78 is 24.7. The van der Waals surface area contributed by atoms with Gasteiger partial charge in [-0.25, -0.2) is 4.39 Å². The molecule has 0 saturated heterocycles. The van der Waals surface area contributed by atoms with Gasteiger partial charge in [0.05, 0.1) is 19.0 Å². The first-order valence-corrected chi connectivity index (χ1v) is 7.87. The Morgan fingerprint density at radius 3 is 2.40 bits per heavy atom. The molecule has 0 aliphatic heterocycles. The van der Waals surface area contributed by atoms with Crippen molar-refractivity contribution in [3.05, 3.63) is 56.9 Å². The van der Waals surface area contributed by atoms with E-state index in [4.69, 9.17) is 9.47 Å². The molecule has 20 heavy (non-hydrogen) atoms. The molecule has 2 aromatic rings. The van der Waals surface area contributed by atoms with Crippen molar-refractivity contribution < 1.29 is 13.9 Å². The van der Waals surface area contributed by atoms with Crippen LogP contribution >= 0.6 is 38.5 Å². The monoisotopic (exact) mass is 450 g/mol. The number of ether oxygens (including phenoxy) is 2. The van der Waals surface area contributed by atoms with Crippen molar-refractivity contribution in [2.24, 2.45) is 0 Å². The summed E-state index contributed by atoms with van der Waals surface area (Å²) in [6.07, 6.45) is 0. The highest BCUT2D eigenvalue weighted by molar-refractivity contribution is 14.1. The van der Waals surface area contributed by atoms with Crippen molar-refractivity contribution in [1.29, 1.82) is 0 Å². The summed E-state index contributed by atoms with van der Waals surface area (Å²) >= 11 is 5.79. The summed E-state index contributed by atoms with van der Waals surface area (Å²) in [4.78, 5) is -0.0972. The molecule has 0 aliphatic carbocycles. The van der Waals surface area contributed by atoms with E-state index in [0.717, 1.165) is 26.2 Å². The molecule has 106 valence electrons. The SMILES string of the molecule is COc1ccc(OC)c(C(Br)c2ccc(F)cc2I)c1. The van der Waals surface area contributed by atoms with Crippen LogP contribution in [0, 0.1) is 9.39 Å². The van der Waals surface area contributed by atoms with Crippen LogP contribution in [0.4, 0.5) is 4.39 Å². The van der Waals surface area contributed by atoms with Crippen molar-refractivity contribution in [2.45, 2.75) is 4.83 Å². The fourth-order valence-corrected chi connectivity index (χ4v) is 3.89. The van der Waals surface area contributed by atoms with Crippen LogP contribution in [0.3, 0.4) is 0 Å². The molecule has 2 aromatic carbocycles. The van der Waals surface area contributed by atoms with Gasteiger partial charge in [-0.3, -0.25) is 0 Å². The molecular weight excluding hydrogens is 438 g/mol. The van der Waals surface area contributed by atoms with Crippen molar-refractivity contribution in [1.82, 2.24) is 0 Å². The number of rotatable bonds is 4. The van der Waals surface area contributed by atoms with Crippen LogP contribution in [0.15, 0.2) is 36.4 Å². The van der Waals surface area contributed by atoms with E-state index in [-0.39, 0.29) is 10.6 Å². The van der Waals surface area contributed by atoms with Crippen LogP contribution < -0.4 is 9.47 Å². The number of benzene rings is 2. The molecular formula is C15H13BrFIO2. The van der Waals surface area contributed by atoms with Gasteiger partial charge >= 0.3 is 0 Å². The number of hydrogen-bond acceptors (Lipinski definition) is 2. The highest BCUT2D eigenvalue weighted by Crippen LogP contribution is 2.40.